The van der Waals surface area contributed by atoms with Crippen LogP contribution in [0.2, 0.25) is 0 Å². The summed E-state index contributed by atoms with van der Waals surface area (Å²) < 4.78 is 0. The highest BCUT2D eigenvalue weighted by Crippen LogP contribution is 2.26. The first-order chi connectivity index (χ1) is 12.3. The highest BCUT2D eigenvalue weighted by Gasteiger charge is 2.21. The van der Waals surface area contributed by atoms with Crippen LogP contribution >= 0.6 is 0 Å². The molecule has 0 aromatic heterocycles. The number of hydrogen-bond donors (Lipinski definition) is 4. The van der Waals surface area contributed by atoms with E-state index >= 15 is 0 Å². The lowest BCUT2D eigenvalue weighted by molar-refractivity contribution is -0.138. The average Bonchev–Trinajstić information content (AvgIpc) is 2.60. The number of carboxylic acids is 1. The Balaban J connectivity index is 2.35. The first kappa shape index (κ1) is 19.3. The summed E-state index contributed by atoms with van der Waals surface area (Å²) >= 11 is 0. The average molecular weight is 354 g/mol. The second-order valence-corrected chi connectivity index (χ2v) is 6.18. The number of nitrogen functional groups attached to an aromatic ring is 1. The van der Waals surface area contributed by atoms with Crippen LogP contribution in [-0.4, -0.2) is 30.0 Å². The molecule has 1 unspecified atom stereocenters. The van der Waals surface area contributed by atoms with E-state index in [-0.39, 0.29) is 5.84 Å². The van der Waals surface area contributed by atoms with Gasteiger partial charge in [0.15, 0.2) is 6.04 Å². The molecule has 26 heavy (non-hydrogen) atoms. The third-order valence-electron chi connectivity index (χ3n) is 4.30. The van der Waals surface area contributed by atoms with Crippen molar-refractivity contribution in [3.05, 3.63) is 59.2 Å². The molecule has 2 aromatic carbocycles. The fourth-order valence-corrected chi connectivity index (χ4v) is 2.93. The minimum Gasteiger partial charge on any atom is -0.479 e. The molecule has 5 N–H and O–H groups in total. The quantitative estimate of drug-likeness (QED) is 0.430. The number of nitrogens with one attached hydrogen (secondary N) is 2. The fourth-order valence-electron chi connectivity index (χ4n) is 2.93. The van der Waals surface area contributed by atoms with Gasteiger partial charge in [-0.05, 0) is 68.3 Å². The number of benzene rings is 2. The maximum Gasteiger partial charge on any atom is 0.330 e. The Kier molecular flexibility index (Phi) is 6.22. The van der Waals surface area contributed by atoms with E-state index in [9.17, 15) is 9.90 Å². The summed E-state index contributed by atoms with van der Waals surface area (Å²) in [5, 5.41) is 20.2. The van der Waals surface area contributed by atoms with Crippen LogP contribution in [0.3, 0.4) is 0 Å². The predicted molar refractivity (Wildman–Crippen MR) is 106 cm³/mol. The largest absolute Gasteiger partial charge is 0.479 e. The van der Waals surface area contributed by atoms with Gasteiger partial charge in [0.05, 0.1) is 0 Å². The molecular formula is C20H26N4O2. The van der Waals surface area contributed by atoms with Gasteiger partial charge in [-0.3, -0.25) is 5.41 Å². The highest BCUT2D eigenvalue weighted by atomic mass is 16.4. The van der Waals surface area contributed by atoms with Crippen LogP contribution in [-0.2, 0) is 4.79 Å². The number of carbonyl (C=O) groups is 1. The number of nitrogens with zero attached hydrogens (tertiary/aromatic N) is 1. The van der Waals surface area contributed by atoms with Crippen molar-refractivity contribution >= 4 is 23.2 Å². The summed E-state index contributed by atoms with van der Waals surface area (Å²) in [6, 6.07) is 11.9. The summed E-state index contributed by atoms with van der Waals surface area (Å²) in [4.78, 5) is 14.1. The van der Waals surface area contributed by atoms with Gasteiger partial charge in [-0.2, -0.15) is 0 Å². The van der Waals surface area contributed by atoms with Crippen LogP contribution in [0, 0.1) is 12.3 Å². The number of hydrogen-bond acceptors (Lipinski definition) is 4. The Labute approximate surface area is 154 Å². The van der Waals surface area contributed by atoms with E-state index in [0.717, 1.165) is 24.3 Å². The minimum absolute atomic E-state index is 0.0196. The smallest absolute Gasteiger partial charge is 0.330 e. The lowest BCUT2D eigenvalue weighted by atomic mass is 10.0. The number of aryl methyl sites for hydroxylation is 1. The summed E-state index contributed by atoms with van der Waals surface area (Å²) in [7, 11) is 0. The zero-order valence-electron chi connectivity index (χ0n) is 15.4. The van der Waals surface area contributed by atoms with Crippen molar-refractivity contribution in [3.8, 4) is 0 Å². The maximum absolute atomic E-state index is 11.9. The molecule has 0 fully saturated rings. The second kappa shape index (κ2) is 8.38. The Hall–Kier alpha value is -3.02. The molecule has 0 radical (unpaired) electrons. The molecule has 0 aliphatic rings. The van der Waals surface area contributed by atoms with Crippen molar-refractivity contribution in [2.75, 3.05) is 23.3 Å². The molecule has 0 aliphatic carbocycles. The molecule has 0 saturated carbocycles. The van der Waals surface area contributed by atoms with Crippen molar-refractivity contribution in [2.24, 2.45) is 5.73 Å². The molecular weight excluding hydrogens is 328 g/mol. The van der Waals surface area contributed by atoms with E-state index in [0.29, 0.717) is 16.8 Å². The lowest BCUT2D eigenvalue weighted by Gasteiger charge is -2.24. The van der Waals surface area contributed by atoms with Crippen molar-refractivity contribution in [1.29, 1.82) is 5.41 Å². The van der Waals surface area contributed by atoms with Crippen molar-refractivity contribution in [3.63, 3.8) is 0 Å². The normalized spacial score (nSPS) is 11.7. The van der Waals surface area contributed by atoms with Gasteiger partial charge in [-0.15, -0.1) is 0 Å². The van der Waals surface area contributed by atoms with E-state index in [1.165, 1.54) is 0 Å². The van der Waals surface area contributed by atoms with Gasteiger partial charge in [0.25, 0.3) is 0 Å². The Bertz CT molecular complexity index is 783. The van der Waals surface area contributed by atoms with Gasteiger partial charge in [-0.1, -0.05) is 6.07 Å². The lowest BCUT2D eigenvalue weighted by Crippen LogP contribution is -2.24. The van der Waals surface area contributed by atoms with Gasteiger partial charge >= 0.3 is 5.97 Å². The van der Waals surface area contributed by atoms with Crippen LogP contribution in [0.1, 0.15) is 36.6 Å². The van der Waals surface area contributed by atoms with E-state index in [1.54, 1.807) is 24.3 Å². The topological polar surface area (TPSA) is 102 Å². The van der Waals surface area contributed by atoms with Gasteiger partial charge < -0.3 is 21.1 Å². The van der Waals surface area contributed by atoms with Gasteiger partial charge in [-0.25, -0.2) is 4.79 Å². The third-order valence-corrected chi connectivity index (χ3v) is 4.30. The summed E-state index contributed by atoms with van der Waals surface area (Å²) in [5.74, 6) is -0.967. The molecule has 6 nitrogen and oxygen atoms in total. The van der Waals surface area contributed by atoms with Gasteiger partial charge in [0.1, 0.15) is 5.84 Å². The first-order valence-electron chi connectivity index (χ1n) is 8.66. The monoisotopic (exact) mass is 354 g/mol. The molecule has 2 rings (SSSR count). The standard InChI is InChI=1S/C20H26N4O2/c1-4-24(5-2)17-11-13(3)10-15(12-17)18(20(25)26)23-16-8-6-14(7-9-16)19(21)22/h6-12,18,23H,4-5H2,1-3H3,(H3,21,22)(H,25,26). The van der Waals surface area contributed by atoms with Gasteiger partial charge in [0.2, 0.25) is 0 Å². The number of carboxylic acid groups (broad SMARTS) is 1. The molecule has 0 bridgehead atoms. The number of nitrogens with two attached hydrogens (primary N) is 1. The molecule has 6 heteroatoms. The van der Waals surface area contributed by atoms with E-state index in [1.807, 2.05) is 19.1 Å². The van der Waals surface area contributed by atoms with E-state index in [4.69, 9.17) is 11.1 Å². The molecule has 138 valence electrons. The Morgan fingerprint density at radius 2 is 1.81 bits per heavy atom. The van der Waals surface area contributed by atoms with Crippen LogP contribution in [0.4, 0.5) is 11.4 Å². The number of anilines is 2. The van der Waals surface area contributed by atoms with Gasteiger partial charge in [0, 0.05) is 30.0 Å². The van der Waals surface area contributed by atoms with Crippen LogP contribution in [0.15, 0.2) is 42.5 Å². The number of aliphatic carboxylic acids is 1. The highest BCUT2D eigenvalue weighted by molar-refractivity contribution is 5.95. The second-order valence-electron chi connectivity index (χ2n) is 6.18. The molecule has 0 saturated heterocycles. The maximum atomic E-state index is 11.9. The Morgan fingerprint density at radius 3 is 2.31 bits per heavy atom. The third kappa shape index (κ3) is 4.53. The molecule has 0 heterocycles. The van der Waals surface area contributed by atoms with Crippen LogP contribution in [0.5, 0.6) is 0 Å². The summed E-state index contributed by atoms with van der Waals surface area (Å²) in [6.45, 7) is 7.84. The zero-order valence-corrected chi connectivity index (χ0v) is 15.4. The molecule has 1 atom stereocenters. The van der Waals surface area contributed by atoms with Crippen LogP contribution < -0.4 is 16.0 Å². The first-order valence-corrected chi connectivity index (χ1v) is 8.66. The predicted octanol–water partition coefficient (Wildman–Crippen LogP) is 3.36. The van der Waals surface area contributed by atoms with Crippen molar-refractivity contribution in [1.82, 2.24) is 0 Å². The number of rotatable bonds is 8. The Morgan fingerprint density at radius 1 is 1.19 bits per heavy atom. The number of amidine groups is 1. The summed E-state index contributed by atoms with van der Waals surface area (Å²) in [6.07, 6.45) is 0. The summed E-state index contributed by atoms with van der Waals surface area (Å²) in [5.41, 5.74) is 9.46. The fraction of sp³-hybridized carbons (Fsp3) is 0.300. The molecule has 0 spiro atoms. The molecule has 0 aliphatic heterocycles. The SMILES string of the molecule is CCN(CC)c1cc(C)cc(C(Nc2ccc(C(=N)N)cc2)C(=O)O)c1. The minimum atomic E-state index is -0.947. The van der Waals surface area contributed by atoms with Crippen molar-refractivity contribution < 1.29 is 9.90 Å². The molecule has 2 aromatic rings. The van der Waals surface area contributed by atoms with Crippen molar-refractivity contribution in [2.45, 2.75) is 26.8 Å². The zero-order chi connectivity index (χ0) is 19.3. The van der Waals surface area contributed by atoms with E-state index < -0.39 is 12.0 Å². The molecule has 0 amide bonds. The van der Waals surface area contributed by atoms with Crippen LogP contribution in [0.25, 0.3) is 0 Å². The van der Waals surface area contributed by atoms with E-state index in [2.05, 4.69) is 30.1 Å².